The van der Waals surface area contributed by atoms with Crippen LogP contribution in [0.1, 0.15) is 66.7 Å². The van der Waals surface area contributed by atoms with Gasteiger partial charge in [-0.05, 0) is 32.1 Å². The zero-order valence-corrected chi connectivity index (χ0v) is 12.7. The van der Waals surface area contributed by atoms with Crippen LogP contribution in [0.25, 0.3) is 0 Å². The standard InChI is InChI=1S/C15H32O3/c1-6-11(12(16)7-2)14(18)15(9-4,10-5)13(17)8-3/h11-14,16-18H,6-10H2,1-5H3. The second-order valence-electron chi connectivity index (χ2n) is 5.36. The minimum atomic E-state index is -0.651. The maximum absolute atomic E-state index is 10.7. The Labute approximate surface area is 112 Å². The topological polar surface area (TPSA) is 60.7 Å². The highest BCUT2D eigenvalue weighted by Crippen LogP contribution is 2.41. The van der Waals surface area contributed by atoms with E-state index in [0.29, 0.717) is 12.8 Å². The zero-order valence-electron chi connectivity index (χ0n) is 12.7. The van der Waals surface area contributed by atoms with Crippen LogP contribution in [0.15, 0.2) is 0 Å². The quantitative estimate of drug-likeness (QED) is 0.597. The fourth-order valence-electron chi connectivity index (χ4n) is 3.18. The maximum Gasteiger partial charge on any atom is 0.0673 e. The molecule has 0 saturated carbocycles. The van der Waals surface area contributed by atoms with Crippen LogP contribution in [-0.2, 0) is 0 Å². The minimum absolute atomic E-state index is 0.156. The molecule has 0 aliphatic heterocycles. The molecule has 0 aromatic heterocycles. The minimum Gasteiger partial charge on any atom is -0.393 e. The third-order valence-corrected chi connectivity index (χ3v) is 4.75. The molecular weight excluding hydrogens is 228 g/mol. The zero-order chi connectivity index (χ0) is 14.3. The molecule has 0 bridgehead atoms. The first kappa shape index (κ1) is 17.9. The Balaban J connectivity index is 5.21. The molecule has 0 amide bonds. The normalized spacial score (nSPS) is 19.3. The summed E-state index contributed by atoms with van der Waals surface area (Å²) in [6.07, 6.45) is 1.81. The molecule has 4 atom stereocenters. The Morgan fingerprint density at radius 2 is 1.28 bits per heavy atom. The van der Waals surface area contributed by atoms with Crippen LogP contribution in [-0.4, -0.2) is 33.6 Å². The van der Waals surface area contributed by atoms with Crippen molar-refractivity contribution in [2.24, 2.45) is 11.3 Å². The highest BCUT2D eigenvalue weighted by molar-refractivity contribution is 4.94. The lowest BCUT2D eigenvalue weighted by molar-refractivity contribution is -0.123. The highest BCUT2D eigenvalue weighted by Gasteiger charge is 2.45. The molecule has 18 heavy (non-hydrogen) atoms. The second-order valence-corrected chi connectivity index (χ2v) is 5.36. The van der Waals surface area contributed by atoms with Crippen LogP contribution in [0.4, 0.5) is 0 Å². The molecule has 0 fully saturated rings. The van der Waals surface area contributed by atoms with Crippen LogP contribution < -0.4 is 0 Å². The Kier molecular flexibility index (Phi) is 8.08. The van der Waals surface area contributed by atoms with Gasteiger partial charge in [0.15, 0.2) is 0 Å². The van der Waals surface area contributed by atoms with Crippen molar-refractivity contribution in [3.05, 3.63) is 0 Å². The molecule has 110 valence electrons. The van der Waals surface area contributed by atoms with Gasteiger partial charge in [-0.25, -0.2) is 0 Å². The number of hydrogen-bond acceptors (Lipinski definition) is 3. The molecule has 4 unspecified atom stereocenters. The van der Waals surface area contributed by atoms with E-state index in [0.717, 1.165) is 19.3 Å². The second kappa shape index (κ2) is 8.13. The van der Waals surface area contributed by atoms with E-state index in [4.69, 9.17) is 0 Å². The van der Waals surface area contributed by atoms with Gasteiger partial charge in [-0.2, -0.15) is 0 Å². The Morgan fingerprint density at radius 3 is 1.56 bits per heavy atom. The van der Waals surface area contributed by atoms with E-state index in [-0.39, 0.29) is 5.92 Å². The molecule has 3 N–H and O–H groups in total. The van der Waals surface area contributed by atoms with E-state index < -0.39 is 23.7 Å². The Morgan fingerprint density at radius 1 is 0.778 bits per heavy atom. The maximum atomic E-state index is 10.7. The van der Waals surface area contributed by atoms with Gasteiger partial charge in [0.2, 0.25) is 0 Å². The molecule has 3 heteroatoms. The van der Waals surface area contributed by atoms with Crippen molar-refractivity contribution in [3.8, 4) is 0 Å². The summed E-state index contributed by atoms with van der Waals surface area (Å²) >= 11 is 0. The lowest BCUT2D eigenvalue weighted by Crippen LogP contribution is -2.50. The van der Waals surface area contributed by atoms with Crippen LogP contribution in [0.5, 0.6) is 0 Å². The fraction of sp³-hybridized carbons (Fsp3) is 1.00. The van der Waals surface area contributed by atoms with Crippen LogP contribution in [0, 0.1) is 11.3 Å². The molecule has 0 aromatic carbocycles. The molecule has 0 radical (unpaired) electrons. The van der Waals surface area contributed by atoms with Crippen LogP contribution in [0.3, 0.4) is 0 Å². The van der Waals surface area contributed by atoms with Crippen molar-refractivity contribution in [2.75, 3.05) is 0 Å². The summed E-state index contributed by atoms with van der Waals surface area (Å²) in [5.74, 6) is -0.156. The van der Waals surface area contributed by atoms with Gasteiger partial charge in [-0.1, -0.05) is 34.6 Å². The van der Waals surface area contributed by atoms with Crippen molar-refractivity contribution >= 4 is 0 Å². The van der Waals surface area contributed by atoms with Crippen LogP contribution >= 0.6 is 0 Å². The lowest BCUT2D eigenvalue weighted by atomic mass is 9.66. The van der Waals surface area contributed by atoms with E-state index in [9.17, 15) is 15.3 Å². The summed E-state index contributed by atoms with van der Waals surface area (Å²) in [6, 6.07) is 0. The Hall–Kier alpha value is -0.120. The van der Waals surface area contributed by atoms with E-state index in [2.05, 4.69) is 0 Å². The van der Waals surface area contributed by atoms with Gasteiger partial charge in [0.1, 0.15) is 0 Å². The molecule has 0 spiro atoms. The first-order valence-electron chi connectivity index (χ1n) is 7.49. The SMILES string of the molecule is CCC(O)C(CC)C(O)C(CC)(CC)C(O)CC. The average Bonchev–Trinajstić information content (AvgIpc) is 2.40. The molecule has 0 aromatic rings. The van der Waals surface area contributed by atoms with Crippen molar-refractivity contribution < 1.29 is 15.3 Å². The summed E-state index contributed by atoms with van der Waals surface area (Å²) in [6.45, 7) is 9.87. The van der Waals surface area contributed by atoms with Crippen molar-refractivity contribution in [2.45, 2.75) is 85.0 Å². The molecule has 0 rings (SSSR count). The van der Waals surface area contributed by atoms with Gasteiger partial charge in [-0.15, -0.1) is 0 Å². The monoisotopic (exact) mass is 260 g/mol. The molecule has 3 nitrogen and oxygen atoms in total. The van der Waals surface area contributed by atoms with Gasteiger partial charge in [0, 0.05) is 11.3 Å². The summed E-state index contributed by atoms with van der Waals surface area (Å²) < 4.78 is 0. The van der Waals surface area contributed by atoms with E-state index in [1.54, 1.807) is 0 Å². The summed E-state index contributed by atoms with van der Waals surface area (Å²) in [4.78, 5) is 0. The number of hydrogen-bond donors (Lipinski definition) is 3. The predicted octanol–water partition coefficient (Wildman–Crippen LogP) is 2.72. The number of rotatable bonds is 9. The van der Waals surface area contributed by atoms with Gasteiger partial charge < -0.3 is 15.3 Å². The highest BCUT2D eigenvalue weighted by atomic mass is 16.3. The fourth-order valence-corrected chi connectivity index (χ4v) is 3.18. The largest absolute Gasteiger partial charge is 0.393 e. The van der Waals surface area contributed by atoms with Gasteiger partial charge in [0.25, 0.3) is 0 Å². The molecule has 0 heterocycles. The van der Waals surface area contributed by atoms with E-state index >= 15 is 0 Å². The third kappa shape index (κ3) is 3.46. The third-order valence-electron chi connectivity index (χ3n) is 4.75. The summed E-state index contributed by atoms with van der Waals surface area (Å²) in [5, 5.41) is 31.1. The molecule has 0 aliphatic rings. The predicted molar refractivity (Wildman–Crippen MR) is 75.4 cm³/mol. The van der Waals surface area contributed by atoms with Gasteiger partial charge >= 0.3 is 0 Å². The first-order valence-corrected chi connectivity index (χ1v) is 7.49. The lowest BCUT2D eigenvalue weighted by Gasteiger charge is -2.44. The van der Waals surface area contributed by atoms with E-state index in [1.165, 1.54) is 0 Å². The Bertz CT molecular complexity index is 214. The average molecular weight is 260 g/mol. The first-order chi connectivity index (χ1) is 8.44. The summed E-state index contributed by atoms with van der Waals surface area (Å²) in [5.41, 5.74) is -0.494. The molecule has 0 aliphatic carbocycles. The van der Waals surface area contributed by atoms with Crippen LogP contribution in [0.2, 0.25) is 0 Å². The van der Waals surface area contributed by atoms with Crippen molar-refractivity contribution in [3.63, 3.8) is 0 Å². The van der Waals surface area contributed by atoms with E-state index in [1.807, 2.05) is 34.6 Å². The smallest absolute Gasteiger partial charge is 0.0673 e. The van der Waals surface area contributed by atoms with Gasteiger partial charge in [0.05, 0.1) is 18.3 Å². The summed E-state index contributed by atoms with van der Waals surface area (Å²) in [7, 11) is 0. The molecular formula is C15H32O3. The van der Waals surface area contributed by atoms with Crippen molar-refractivity contribution in [1.82, 2.24) is 0 Å². The molecule has 0 saturated heterocycles. The number of aliphatic hydroxyl groups is 3. The van der Waals surface area contributed by atoms with Crippen molar-refractivity contribution in [1.29, 1.82) is 0 Å². The number of aliphatic hydroxyl groups excluding tert-OH is 3. The van der Waals surface area contributed by atoms with Gasteiger partial charge in [-0.3, -0.25) is 0 Å².